The zero-order valence-electron chi connectivity index (χ0n) is 15.7. The van der Waals surface area contributed by atoms with Crippen molar-refractivity contribution in [2.75, 3.05) is 5.73 Å². The van der Waals surface area contributed by atoms with E-state index in [1.165, 1.54) is 0 Å². The Morgan fingerprint density at radius 1 is 1.07 bits per heavy atom. The van der Waals surface area contributed by atoms with Gasteiger partial charge in [0.15, 0.2) is 5.65 Å². The number of nitrogens with zero attached hydrogens (tertiary/aromatic N) is 4. The highest BCUT2D eigenvalue weighted by molar-refractivity contribution is 6.29. The summed E-state index contributed by atoms with van der Waals surface area (Å²) in [5.41, 5.74) is 10.3. The van der Waals surface area contributed by atoms with Gasteiger partial charge in [-0.25, -0.2) is 15.0 Å². The summed E-state index contributed by atoms with van der Waals surface area (Å²) in [5, 5.41) is 11.2. The molecule has 1 aromatic carbocycles. The summed E-state index contributed by atoms with van der Waals surface area (Å²) in [5.74, 6) is 0.732. The van der Waals surface area contributed by atoms with Crippen molar-refractivity contribution in [3.8, 4) is 28.4 Å². The van der Waals surface area contributed by atoms with Crippen LogP contribution in [0.25, 0.3) is 28.2 Å². The second-order valence-electron chi connectivity index (χ2n) is 6.80. The molecule has 0 amide bonds. The minimum atomic E-state index is 0.0295. The fourth-order valence-electron chi connectivity index (χ4n) is 3.32. The molecule has 8 heteroatoms. The van der Waals surface area contributed by atoms with Crippen molar-refractivity contribution in [2.45, 2.75) is 6.42 Å². The molecule has 0 atom stereocenters. The van der Waals surface area contributed by atoms with Gasteiger partial charge in [0.2, 0.25) is 5.88 Å². The minimum absolute atomic E-state index is 0.0295. The molecule has 0 aliphatic rings. The third-order valence-corrected chi connectivity index (χ3v) is 4.99. The van der Waals surface area contributed by atoms with Gasteiger partial charge in [-0.1, -0.05) is 23.7 Å². The molecule has 0 saturated carbocycles. The zero-order chi connectivity index (χ0) is 20.7. The Balaban J connectivity index is 1.74. The summed E-state index contributed by atoms with van der Waals surface area (Å²) in [7, 11) is 0. The molecule has 0 fully saturated rings. The van der Waals surface area contributed by atoms with Gasteiger partial charge in [-0.3, -0.25) is 4.40 Å². The molecule has 30 heavy (non-hydrogen) atoms. The van der Waals surface area contributed by atoms with Gasteiger partial charge < -0.3 is 15.3 Å². The number of hydrogen-bond donors (Lipinski definition) is 2. The Bertz CT molecular complexity index is 1340. The fourth-order valence-corrected chi connectivity index (χ4v) is 3.49. The van der Waals surface area contributed by atoms with Gasteiger partial charge in [-0.2, -0.15) is 0 Å². The Labute approximate surface area is 176 Å². The first kappa shape index (κ1) is 18.2. The summed E-state index contributed by atoms with van der Waals surface area (Å²) in [4.78, 5) is 13.5. The highest BCUT2D eigenvalue weighted by atomic mass is 35.5. The largest absolute Gasteiger partial charge is 0.493 e. The van der Waals surface area contributed by atoms with E-state index in [4.69, 9.17) is 26.7 Å². The molecule has 4 heterocycles. The average Bonchev–Trinajstić information content (AvgIpc) is 3.37. The summed E-state index contributed by atoms with van der Waals surface area (Å²) < 4.78 is 7.04. The predicted molar refractivity (Wildman–Crippen MR) is 114 cm³/mol. The minimum Gasteiger partial charge on any atom is -0.493 e. The molecule has 0 bridgehead atoms. The number of hydrogen-bond acceptors (Lipinski definition) is 6. The van der Waals surface area contributed by atoms with Crippen LogP contribution in [0.15, 0.2) is 71.6 Å². The number of nitrogen functional groups attached to an aromatic ring is 1. The summed E-state index contributed by atoms with van der Waals surface area (Å²) in [6, 6.07) is 14.5. The third kappa shape index (κ3) is 3.25. The van der Waals surface area contributed by atoms with Gasteiger partial charge in [0, 0.05) is 29.2 Å². The first-order chi connectivity index (χ1) is 14.6. The van der Waals surface area contributed by atoms with E-state index in [1.54, 1.807) is 53.4 Å². The molecule has 4 aromatic heterocycles. The molecule has 7 nitrogen and oxygen atoms in total. The molecule has 0 aliphatic carbocycles. The van der Waals surface area contributed by atoms with Crippen molar-refractivity contribution in [2.24, 2.45) is 0 Å². The molecule has 5 rings (SSSR count). The van der Waals surface area contributed by atoms with Gasteiger partial charge in [0.25, 0.3) is 0 Å². The molecular formula is C22H16ClN5O2. The maximum Gasteiger partial charge on any atom is 0.219 e. The highest BCUT2D eigenvalue weighted by Crippen LogP contribution is 2.32. The number of pyridine rings is 1. The Morgan fingerprint density at radius 3 is 2.63 bits per heavy atom. The first-order valence-corrected chi connectivity index (χ1v) is 9.57. The van der Waals surface area contributed by atoms with Crippen LogP contribution in [-0.4, -0.2) is 24.5 Å². The molecule has 0 radical (unpaired) electrons. The third-order valence-electron chi connectivity index (χ3n) is 4.78. The van der Waals surface area contributed by atoms with Crippen LogP contribution in [0.3, 0.4) is 0 Å². The topological polar surface area (TPSA) is 102 Å². The molecule has 3 N–H and O–H groups in total. The second-order valence-corrected chi connectivity index (χ2v) is 7.18. The molecule has 0 spiro atoms. The SMILES string of the molecule is Nc1ccc(-c2cn3c(O)c(Cc4ccco4)nc3c(-c3ccnc(Cl)c3)n2)cc1. The van der Waals surface area contributed by atoms with Crippen LogP contribution in [0, 0.1) is 0 Å². The van der Waals surface area contributed by atoms with E-state index in [-0.39, 0.29) is 5.88 Å². The Kier molecular flexibility index (Phi) is 4.37. The number of nitrogens with two attached hydrogens (primary N) is 1. The maximum atomic E-state index is 10.9. The van der Waals surface area contributed by atoms with Crippen LogP contribution >= 0.6 is 11.6 Å². The van der Waals surface area contributed by atoms with Gasteiger partial charge in [-0.15, -0.1) is 0 Å². The van der Waals surface area contributed by atoms with Crippen molar-refractivity contribution in [1.82, 2.24) is 19.4 Å². The number of halogens is 1. The molecule has 0 aliphatic heterocycles. The maximum absolute atomic E-state index is 10.9. The van der Waals surface area contributed by atoms with Crippen LogP contribution in [0.5, 0.6) is 5.88 Å². The number of rotatable bonds is 4. The van der Waals surface area contributed by atoms with E-state index >= 15 is 0 Å². The Hall–Kier alpha value is -3.84. The molecule has 0 unspecified atom stereocenters. The van der Waals surface area contributed by atoms with E-state index < -0.39 is 0 Å². The van der Waals surface area contributed by atoms with E-state index in [2.05, 4.69) is 9.97 Å². The molecule has 5 aromatic rings. The number of aromatic hydroxyl groups is 1. The lowest BCUT2D eigenvalue weighted by atomic mass is 10.1. The normalized spacial score (nSPS) is 11.2. The number of imidazole rings is 1. The lowest BCUT2D eigenvalue weighted by molar-refractivity contribution is 0.438. The number of furan rings is 1. The first-order valence-electron chi connectivity index (χ1n) is 9.19. The lowest BCUT2D eigenvalue weighted by Crippen LogP contribution is -1.97. The highest BCUT2D eigenvalue weighted by Gasteiger charge is 2.19. The average molecular weight is 418 g/mol. The van der Waals surface area contributed by atoms with Crippen molar-refractivity contribution in [3.63, 3.8) is 0 Å². The number of benzene rings is 1. The van der Waals surface area contributed by atoms with Crippen molar-refractivity contribution in [3.05, 3.63) is 83.8 Å². The van der Waals surface area contributed by atoms with Gasteiger partial charge in [-0.05, 0) is 36.4 Å². The molecular weight excluding hydrogens is 402 g/mol. The standard InChI is InChI=1S/C22H16ClN5O2/c23-19-10-14(7-8-25-19)20-21-27-17(11-16-2-1-9-30-16)22(29)28(21)12-18(26-20)13-3-5-15(24)6-4-13/h1-10,12,29H,11,24H2. The number of anilines is 1. The Morgan fingerprint density at radius 2 is 1.90 bits per heavy atom. The van der Waals surface area contributed by atoms with Crippen LogP contribution in [0.1, 0.15) is 11.5 Å². The van der Waals surface area contributed by atoms with E-state index in [1.807, 2.05) is 18.2 Å². The molecule has 0 saturated heterocycles. The lowest BCUT2D eigenvalue weighted by Gasteiger charge is -2.09. The number of aromatic nitrogens is 4. The summed E-state index contributed by atoms with van der Waals surface area (Å²) in [6.07, 6.45) is 5.31. The predicted octanol–water partition coefficient (Wildman–Crippen LogP) is 4.58. The summed E-state index contributed by atoms with van der Waals surface area (Å²) in [6.45, 7) is 0. The number of fused-ring (bicyclic) bond motifs is 1. The molecule has 148 valence electrons. The fraction of sp³-hybridized carbons (Fsp3) is 0.0455. The van der Waals surface area contributed by atoms with Crippen molar-refractivity contribution >= 4 is 22.9 Å². The van der Waals surface area contributed by atoms with Gasteiger partial charge in [0.1, 0.15) is 22.3 Å². The van der Waals surface area contributed by atoms with Gasteiger partial charge in [0.05, 0.1) is 18.4 Å². The van der Waals surface area contributed by atoms with Gasteiger partial charge >= 0.3 is 0 Å². The zero-order valence-corrected chi connectivity index (χ0v) is 16.4. The van der Waals surface area contributed by atoms with Crippen molar-refractivity contribution in [1.29, 1.82) is 0 Å². The smallest absolute Gasteiger partial charge is 0.219 e. The van der Waals surface area contributed by atoms with Crippen LogP contribution in [0.4, 0.5) is 5.69 Å². The monoisotopic (exact) mass is 417 g/mol. The van der Waals surface area contributed by atoms with Crippen molar-refractivity contribution < 1.29 is 9.52 Å². The van der Waals surface area contributed by atoms with Crippen LogP contribution < -0.4 is 5.73 Å². The van der Waals surface area contributed by atoms with Crippen LogP contribution in [-0.2, 0) is 6.42 Å². The summed E-state index contributed by atoms with van der Waals surface area (Å²) >= 11 is 6.11. The van der Waals surface area contributed by atoms with E-state index in [9.17, 15) is 5.11 Å². The quantitative estimate of drug-likeness (QED) is 0.327. The second kappa shape index (κ2) is 7.20. The van der Waals surface area contributed by atoms with E-state index in [0.29, 0.717) is 45.8 Å². The van der Waals surface area contributed by atoms with Crippen LogP contribution in [0.2, 0.25) is 5.15 Å². The van der Waals surface area contributed by atoms with E-state index in [0.717, 1.165) is 11.1 Å².